The third-order valence-corrected chi connectivity index (χ3v) is 11.2. The van der Waals surface area contributed by atoms with E-state index in [0.29, 0.717) is 58.0 Å². The number of hydrogen-bond acceptors (Lipinski definition) is 8. The highest BCUT2D eigenvalue weighted by molar-refractivity contribution is 7.10. The summed E-state index contributed by atoms with van der Waals surface area (Å²) in [5, 5.41) is 13.2. The number of likely N-dealkylation sites (tertiary alicyclic amines) is 2. The molecule has 0 spiro atoms. The highest BCUT2D eigenvalue weighted by Crippen LogP contribution is 2.32. The van der Waals surface area contributed by atoms with Crippen LogP contribution in [-0.2, 0) is 22.5 Å². The molecule has 246 valence electrons. The SMILES string of the molecule is Cc1cc(C[C@@H](OC(=O)N2CCC(N3Cc4sccc4NC3=O)CC2)C(=O)N2CCC(N3CCN(C)CC3)CC2)cc2cn[nH]c12. The zero-order valence-corrected chi connectivity index (χ0v) is 27.6. The van der Waals surface area contributed by atoms with Crippen molar-refractivity contribution in [3.63, 3.8) is 0 Å². The molecule has 0 radical (unpaired) electrons. The Balaban J connectivity index is 1.00. The van der Waals surface area contributed by atoms with Crippen LogP contribution >= 0.6 is 11.3 Å². The molecular weight excluding hydrogens is 604 g/mol. The van der Waals surface area contributed by atoms with Gasteiger partial charge in [0.1, 0.15) is 0 Å². The Kier molecular flexibility index (Phi) is 8.88. The van der Waals surface area contributed by atoms with Gasteiger partial charge < -0.3 is 29.7 Å². The first-order valence-electron chi connectivity index (χ1n) is 16.6. The van der Waals surface area contributed by atoms with Crippen LogP contribution in [0.5, 0.6) is 0 Å². The largest absolute Gasteiger partial charge is 0.436 e. The molecule has 4 aliphatic heterocycles. The molecule has 0 saturated carbocycles. The molecule has 46 heavy (non-hydrogen) atoms. The van der Waals surface area contributed by atoms with Gasteiger partial charge >= 0.3 is 12.1 Å². The second-order valence-electron chi connectivity index (χ2n) is 13.3. The van der Waals surface area contributed by atoms with Gasteiger partial charge in [-0.05, 0) is 68.3 Å². The first-order valence-corrected chi connectivity index (χ1v) is 17.4. The molecule has 3 aromatic rings. The Bertz CT molecular complexity index is 1570. The number of thiophene rings is 1. The number of hydrogen-bond donors (Lipinski definition) is 2. The molecule has 6 heterocycles. The van der Waals surface area contributed by atoms with Crippen molar-refractivity contribution in [3.05, 3.63) is 45.8 Å². The van der Waals surface area contributed by atoms with E-state index >= 15 is 0 Å². The highest BCUT2D eigenvalue weighted by atomic mass is 32.1. The lowest BCUT2D eigenvalue weighted by molar-refractivity contribution is -0.142. The number of fused-ring (bicyclic) bond motifs is 2. The predicted molar refractivity (Wildman–Crippen MR) is 177 cm³/mol. The summed E-state index contributed by atoms with van der Waals surface area (Å²) in [5.74, 6) is -0.123. The van der Waals surface area contributed by atoms with E-state index in [1.54, 1.807) is 22.4 Å². The summed E-state index contributed by atoms with van der Waals surface area (Å²) in [6.07, 6.45) is 3.90. The number of carbonyl (C=O) groups excluding carboxylic acids is 3. The van der Waals surface area contributed by atoms with Crippen LogP contribution in [0, 0.1) is 6.92 Å². The number of aromatic amines is 1. The Morgan fingerprint density at radius 2 is 1.72 bits per heavy atom. The van der Waals surface area contributed by atoms with E-state index in [9.17, 15) is 14.4 Å². The molecule has 13 heteroatoms. The van der Waals surface area contributed by atoms with Crippen LogP contribution < -0.4 is 5.32 Å². The van der Waals surface area contributed by atoms with E-state index in [-0.39, 0.29) is 18.0 Å². The Morgan fingerprint density at radius 1 is 1.00 bits per heavy atom. The van der Waals surface area contributed by atoms with Crippen LogP contribution in [0.25, 0.3) is 10.9 Å². The highest BCUT2D eigenvalue weighted by Gasteiger charge is 2.37. The maximum absolute atomic E-state index is 14.1. The maximum Gasteiger partial charge on any atom is 0.410 e. The van der Waals surface area contributed by atoms with Crippen LogP contribution in [0.15, 0.2) is 29.8 Å². The van der Waals surface area contributed by atoms with E-state index in [1.807, 2.05) is 40.3 Å². The van der Waals surface area contributed by atoms with Gasteiger partial charge in [-0.3, -0.25) is 14.8 Å². The minimum Gasteiger partial charge on any atom is -0.436 e. The van der Waals surface area contributed by atoms with Crippen LogP contribution in [0.3, 0.4) is 0 Å². The Morgan fingerprint density at radius 3 is 2.48 bits per heavy atom. The van der Waals surface area contributed by atoms with Crippen molar-refractivity contribution in [3.8, 4) is 0 Å². The zero-order chi connectivity index (χ0) is 31.8. The molecule has 7 rings (SSSR count). The average Bonchev–Trinajstić information content (AvgIpc) is 3.74. The number of nitrogens with zero attached hydrogens (tertiary/aromatic N) is 6. The lowest BCUT2D eigenvalue weighted by Crippen LogP contribution is -2.54. The van der Waals surface area contributed by atoms with E-state index in [1.165, 1.54) is 0 Å². The van der Waals surface area contributed by atoms with Gasteiger partial charge in [0.05, 0.1) is 23.9 Å². The number of anilines is 1. The second kappa shape index (κ2) is 13.2. The van der Waals surface area contributed by atoms with Gasteiger partial charge in [-0.15, -0.1) is 11.3 Å². The van der Waals surface area contributed by atoms with Crippen LogP contribution in [0.4, 0.5) is 15.3 Å². The molecule has 0 bridgehead atoms. The number of amides is 4. The molecule has 12 nitrogen and oxygen atoms in total. The molecule has 1 atom stereocenters. The standard InChI is InChI=1S/C33H44N8O4S/c1-22-17-23(18-24-20-34-36-30(22)24)19-28(31(42)39-8-3-25(4-9-39)38-14-12-37(2)13-15-38)45-33(44)40-10-5-26(6-11-40)41-21-29-27(7-16-46-29)35-32(41)43/h7,16-18,20,25-26,28H,3-6,8-15,19,21H2,1-2H3,(H,34,36)(H,35,43)/t28-/m1/s1. The average molecular weight is 649 g/mol. The number of piperazine rings is 1. The molecule has 1 aromatic carbocycles. The van der Waals surface area contributed by atoms with Crippen molar-refractivity contribution in [2.45, 2.75) is 63.8 Å². The smallest absolute Gasteiger partial charge is 0.410 e. The number of urea groups is 1. The topological polar surface area (TPSA) is 117 Å². The quantitative estimate of drug-likeness (QED) is 0.419. The fourth-order valence-corrected chi connectivity index (χ4v) is 8.33. The predicted octanol–water partition coefficient (Wildman–Crippen LogP) is 3.73. The number of piperidine rings is 2. The molecule has 4 aliphatic rings. The molecule has 0 aliphatic carbocycles. The summed E-state index contributed by atoms with van der Waals surface area (Å²) >= 11 is 1.65. The number of aryl methyl sites for hydroxylation is 1. The first-order chi connectivity index (χ1) is 22.3. The van der Waals surface area contributed by atoms with Crippen LogP contribution in [-0.4, -0.2) is 130 Å². The fourth-order valence-electron chi connectivity index (χ4n) is 7.51. The van der Waals surface area contributed by atoms with Crippen LogP contribution in [0.1, 0.15) is 41.7 Å². The number of rotatable bonds is 6. The lowest BCUT2D eigenvalue weighted by Gasteiger charge is -2.42. The van der Waals surface area contributed by atoms with Crippen molar-refractivity contribution < 1.29 is 19.1 Å². The van der Waals surface area contributed by atoms with E-state index in [4.69, 9.17) is 4.74 Å². The van der Waals surface area contributed by atoms with Crippen molar-refractivity contribution in [1.29, 1.82) is 0 Å². The summed E-state index contributed by atoms with van der Waals surface area (Å²) in [4.78, 5) is 52.0. The van der Waals surface area contributed by atoms with Gasteiger partial charge in [-0.2, -0.15) is 5.10 Å². The number of aromatic nitrogens is 2. The molecule has 3 fully saturated rings. The van der Waals surface area contributed by atoms with Crippen molar-refractivity contribution in [2.75, 3.05) is 64.7 Å². The third kappa shape index (κ3) is 6.45. The third-order valence-electron chi connectivity index (χ3n) is 10.3. The Labute approximate surface area is 273 Å². The minimum absolute atomic E-state index is 0.0444. The summed E-state index contributed by atoms with van der Waals surface area (Å²) in [6, 6.07) is 6.45. The van der Waals surface area contributed by atoms with Gasteiger partial charge in [0.25, 0.3) is 5.91 Å². The van der Waals surface area contributed by atoms with Crippen molar-refractivity contribution in [2.24, 2.45) is 0 Å². The second-order valence-corrected chi connectivity index (χ2v) is 14.3. The molecule has 0 unspecified atom stereocenters. The number of ether oxygens (including phenoxy) is 1. The number of nitrogens with one attached hydrogen (secondary N) is 2. The van der Waals surface area contributed by atoms with E-state index in [0.717, 1.165) is 71.6 Å². The summed E-state index contributed by atoms with van der Waals surface area (Å²) < 4.78 is 6.10. The monoisotopic (exact) mass is 648 g/mol. The summed E-state index contributed by atoms with van der Waals surface area (Å²) in [7, 11) is 2.17. The lowest BCUT2D eigenvalue weighted by atomic mass is 9.99. The molecule has 3 saturated heterocycles. The van der Waals surface area contributed by atoms with Crippen molar-refractivity contribution in [1.82, 2.24) is 34.7 Å². The first kappa shape index (κ1) is 30.9. The summed E-state index contributed by atoms with van der Waals surface area (Å²) in [5.41, 5.74) is 3.84. The maximum atomic E-state index is 14.1. The number of carbonyl (C=O) groups is 3. The van der Waals surface area contributed by atoms with Gasteiger partial charge in [0, 0.05) is 81.1 Å². The number of benzene rings is 1. The normalized spacial score (nSPS) is 21.3. The minimum atomic E-state index is -0.917. The van der Waals surface area contributed by atoms with Crippen LogP contribution in [0.2, 0.25) is 0 Å². The summed E-state index contributed by atoms with van der Waals surface area (Å²) in [6.45, 7) is 9.18. The van der Waals surface area contributed by atoms with Gasteiger partial charge in [0.2, 0.25) is 0 Å². The zero-order valence-electron chi connectivity index (χ0n) is 26.7. The fraction of sp³-hybridized carbons (Fsp3) is 0.576. The number of likely N-dealkylation sites (N-methyl/N-ethyl adjacent to an activating group) is 1. The van der Waals surface area contributed by atoms with Gasteiger partial charge in [0.15, 0.2) is 6.10 Å². The van der Waals surface area contributed by atoms with Crippen molar-refractivity contribution >= 4 is 46.0 Å². The molecule has 2 N–H and O–H groups in total. The molecule has 2 aromatic heterocycles. The van der Waals surface area contributed by atoms with E-state index < -0.39 is 12.2 Å². The van der Waals surface area contributed by atoms with Gasteiger partial charge in [-0.25, -0.2) is 9.59 Å². The molecule has 4 amide bonds. The molecular formula is C33H44N8O4S. The Hall–Kier alpha value is -3.68. The van der Waals surface area contributed by atoms with E-state index in [2.05, 4.69) is 32.4 Å². The number of H-pyrrole nitrogens is 1. The van der Waals surface area contributed by atoms with Gasteiger partial charge in [-0.1, -0.05) is 6.07 Å².